The Morgan fingerprint density at radius 1 is 1.53 bits per heavy atom. The van der Waals surface area contributed by atoms with Crippen LogP contribution in [0.3, 0.4) is 0 Å². The van der Waals surface area contributed by atoms with Gasteiger partial charge in [0.15, 0.2) is 5.43 Å². The van der Waals surface area contributed by atoms with Crippen LogP contribution in [0.15, 0.2) is 23.3 Å². The molecule has 1 atom stereocenters. The molecule has 1 amide bonds. The van der Waals surface area contributed by atoms with Crippen LogP contribution in [-0.2, 0) is 0 Å². The van der Waals surface area contributed by atoms with E-state index in [2.05, 4.69) is 18.8 Å². The van der Waals surface area contributed by atoms with E-state index in [-0.39, 0.29) is 16.9 Å². The Hall–Kier alpha value is -1.58. The van der Waals surface area contributed by atoms with Gasteiger partial charge in [-0.1, -0.05) is 13.8 Å². The summed E-state index contributed by atoms with van der Waals surface area (Å²) in [6.07, 6.45) is 4.07. The number of H-pyrrole nitrogens is 1. The number of rotatable bonds is 2. The summed E-state index contributed by atoms with van der Waals surface area (Å²) in [4.78, 5) is 28.3. The molecule has 1 unspecified atom stereocenters. The van der Waals surface area contributed by atoms with E-state index in [4.69, 9.17) is 0 Å². The molecule has 1 aromatic rings. The molecule has 0 spiro atoms. The van der Waals surface area contributed by atoms with Crippen LogP contribution >= 0.6 is 0 Å². The first-order valence-corrected chi connectivity index (χ1v) is 6.06. The van der Waals surface area contributed by atoms with Gasteiger partial charge in [0.2, 0.25) is 0 Å². The molecule has 0 saturated carbocycles. The van der Waals surface area contributed by atoms with Crippen LogP contribution in [0, 0.1) is 11.8 Å². The molecule has 1 saturated heterocycles. The second-order valence-electron chi connectivity index (χ2n) is 4.97. The van der Waals surface area contributed by atoms with E-state index in [0.29, 0.717) is 11.8 Å². The largest absolute Gasteiger partial charge is 0.367 e. The number of carbonyl (C=O) groups is 1. The van der Waals surface area contributed by atoms with E-state index in [0.717, 1.165) is 19.5 Å². The SMILES string of the molecule is CC(C)C1CCN(C(=O)c2c[nH]ccc2=O)C1. The van der Waals surface area contributed by atoms with Crippen molar-refractivity contribution in [2.24, 2.45) is 11.8 Å². The number of aromatic amines is 1. The Balaban J connectivity index is 2.13. The van der Waals surface area contributed by atoms with Crippen molar-refractivity contribution < 1.29 is 4.79 Å². The van der Waals surface area contributed by atoms with Gasteiger partial charge < -0.3 is 9.88 Å². The van der Waals surface area contributed by atoms with Crippen LogP contribution in [0.4, 0.5) is 0 Å². The normalized spacial score (nSPS) is 19.9. The molecular formula is C13H18N2O2. The molecule has 17 heavy (non-hydrogen) atoms. The molecule has 4 nitrogen and oxygen atoms in total. The highest BCUT2D eigenvalue weighted by Crippen LogP contribution is 2.24. The van der Waals surface area contributed by atoms with Crippen molar-refractivity contribution in [1.29, 1.82) is 0 Å². The van der Waals surface area contributed by atoms with Gasteiger partial charge in [0.1, 0.15) is 5.56 Å². The lowest BCUT2D eigenvalue weighted by atomic mass is 9.95. The first-order chi connectivity index (χ1) is 8.09. The van der Waals surface area contributed by atoms with Crippen LogP contribution in [0.1, 0.15) is 30.6 Å². The molecule has 4 heteroatoms. The monoisotopic (exact) mass is 234 g/mol. The smallest absolute Gasteiger partial charge is 0.259 e. The van der Waals surface area contributed by atoms with Crippen LogP contribution in [0.2, 0.25) is 0 Å². The topological polar surface area (TPSA) is 53.2 Å². The Bertz CT molecular complexity index is 464. The second kappa shape index (κ2) is 4.73. The van der Waals surface area contributed by atoms with Gasteiger partial charge >= 0.3 is 0 Å². The van der Waals surface area contributed by atoms with E-state index in [1.54, 1.807) is 11.1 Å². The number of hydrogen-bond acceptors (Lipinski definition) is 2. The fourth-order valence-corrected chi connectivity index (χ4v) is 2.27. The lowest BCUT2D eigenvalue weighted by Crippen LogP contribution is -2.32. The predicted molar refractivity (Wildman–Crippen MR) is 65.9 cm³/mol. The van der Waals surface area contributed by atoms with Crippen molar-refractivity contribution in [1.82, 2.24) is 9.88 Å². The summed E-state index contributed by atoms with van der Waals surface area (Å²) in [5, 5.41) is 0. The average molecular weight is 234 g/mol. The highest BCUT2D eigenvalue weighted by Gasteiger charge is 2.29. The summed E-state index contributed by atoms with van der Waals surface area (Å²) in [6, 6.07) is 1.39. The van der Waals surface area contributed by atoms with E-state index in [1.165, 1.54) is 12.3 Å². The van der Waals surface area contributed by atoms with E-state index in [1.807, 2.05) is 0 Å². The first-order valence-electron chi connectivity index (χ1n) is 6.06. The quantitative estimate of drug-likeness (QED) is 0.843. The fourth-order valence-electron chi connectivity index (χ4n) is 2.27. The minimum atomic E-state index is -0.207. The van der Waals surface area contributed by atoms with E-state index < -0.39 is 0 Å². The van der Waals surface area contributed by atoms with E-state index >= 15 is 0 Å². The molecule has 1 fully saturated rings. The summed E-state index contributed by atoms with van der Waals surface area (Å²) in [5.41, 5.74) is 0.0404. The average Bonchev–Trinajstić information content (AvgIpc) is 2.78. The zero-order valence-corrected chi connectivity index (χ0v) is 10.3. The number of pyridine rings is 1. The number of aromatic nitrogens is 1. The Morgan fingerprint density at radius 2 is 2.29 bits per heavy atom. The van der Waals surface area contributed by atoms with Crippen molar-refractivity contribution in [3.63, 3.8) is 0 Å². The molecule has 2 heterocycles. The third-order valence-electron chi connectivity index (χ3n) is 3.51. The third kappa shape index (κ3) is 2.40. The standard InChI is InChI=1S/C13H18N2O2/c1-9(2)10-4-6-15(8-10)13(17)11-7-14-5-3-12(11)16/h3,5,7,9-10H,4,6,8H2,1-2H3,(H,14,16). The molecule has 0 aliphatic carbocycles. The molecule has 1 aliphatic heterocycles. The summed E-state index contributed by atoms with van der Waals surface area (Å²) in [5.74, 6) is 0.999. The lowest BCUT2D eigenvalue weighted by Gasteiger charge is -2.17. The number of carbonyl (C=O) groups excluding carboxylic acids is 1. The molecule has 0 radical (unpaired) electrons. The van der Waals surface area contributed by atoms with Gasteiger partial charge in [-0.25, -0.2) is 0 Å². The van der Waals surface area contributed by atoms with Crippen LogP contribution in [0.25, 0.3) is 0 Å². The lowest BCUT2D eigenvalue weighted by molar-refractivity contribution is 0.0782. The summed E-state index contributed by atoms with van der Waals surface area (Å²) in [7, 11) is 0. The highest BCUT2D eigenvalue weighted by atomic mass is 16.2. The number of nitrogens with zero attached hydrogens (tertiary/aromatic N) is 1. The van der Waals surface area contributed by atoms with Crippen molar-refractivity contribution >= 4 is 5.91 Å². The zero-order valence-electron chi connectivity index (χ0n) is 10.3. The maximum Gasteiger partial charge on any atom is 0.259 e. The van der Waals surface area contributed by atoms with Crippen molar-refractivity contribution in [3.05, 3.63) is 34.2 Å². The van der Waals surface area contributed by atoms with Gasteiger partial charge in [0, 0.05) is 31.5 Å². The molecule has 92 valence electrons. The van der Waals surface area contributed by atoms with Crippen molar-refractivity contribution in [2.45, 2.75) is 20.3 Å². The maximum atomic E-state index is 12.1. The van der Waals surface area contributed by atoms with Crippen LogP contribution in [-0.4, -0.2) is 28.9 Å². The van der Waals surface area contributed by atoms with Crippen LogP contribution < -0.4 is 5.43 Å². The summed E-state index contributed by atoms with van der Waals surface area (Å²) < 4.78 is 0. The zero-order chi connectivity index (χ0) is 12.4. The number of hydrogen-bond donors (Lipinski definition) is 1. The molecular weight excluding hydrogens is 216 g/mol. The second-order valence-corrected chi connectivity index (χ2v) is 4.97. The molecule has 1 N–H and O–H groups in total. The van der Waals surface area contributed by atoms with Gasteiger partial charge in [0.25, 0.3) is 5.91 Å². The van der Waals surface area contributed by atoms with Gasteiger partial charge in [-0.05, 0) is 18.3 Å². The molecule has 0 bridgehead atoms. The molecule has 2 rings (SSSR count). The third-order valence-corrected chi connectivity index (χ3v) is 3.51. The molecule has 0 aromatic carbocycles. The minimum absolute atomic E-state index is 0.144. The number of likely N-dealkylation sites (tertiary alicyclic amines) is 1. The minimum Gasteiger partial charge on any atom is -0.367 e. The molecule has 1 aromatic heterocycles. The number of amides is 1. The van der Waals surface area contributed by atoms with Crippen molar-refractivity contribution in [3.8, 4) is 0 Å². The van der Waals surface area contributed by atoms with Gasteiger partial charge in [-0.2, -0.15) is 0 Å². The summed E-state index contributed by atoms with van der Waals surface area (Å²) in [6.45, 7) is 5.88. The Morgan fingerprint density at radius 3 is 2.88 bits per heavy atom. The fraction of sp³-hybridized carbons (Fsp3) is 0.538. The summed E-state index contributed by atoms with van der Waals surface area (Å²) >= 11 is 0. The predicted octanol–water partition coefficient (Wildman–Crippen LogP) is 1.49. The Labute approximate surface area is 101 Å². The van der Waals surface area contributed by atoms with Gasteiger partial charge in [-0.15, -0.1) is 0 Å². The van der Waals surface area contributed by atoms with E-state index in [9.17, 15) is 9.59 Å². The Kier molecular flexibility index (Phi) is 3.31. The van der Waals surface area contributed by atoms with Crippen molar-refractivity contribution in [2.75, 3.05) is 13.1 Å². The maximum absolute atomic E-state index is 12.1. The van der Waals surface area contributed by atoms with Gasteiger partial charge in [0.05, 0.1) is 0 Å². The van der Waals surface area contributed by atoms with Gasteiger partial charge in [-0.3, -0.25) is 9.59 Å². The van der Waals surface area contributed by atoms with Crippen LogP contribution in [0.5, 0.6) is 0 Å². The number of nitrogens with one attached hydrogen (secondary N) is 1. The first kappa shape index (κ1) is 11.9. The molecule has 1 aliphatic rings. The highest BCUT2D eigenvalue weighted by molar-refractivity contribution is 5.93.